The van der Waals surface area contributed by atoms with Gasteiger partial charge in [-0.15, -0.1) is 0 Å². The van der Waals surface area contributed by atoms with Crippen molar-refractivity contribution in [2.45, 2.75) is 19.0 Å². The molecule has 9 heteroatoms. The predicted molar refractivity (Wildman–Crippen MR) is 130 cm³/mol. The van der Waals surface area contributed by atoms with Crippen molar-refractivity contribution >= 4 is 22.9 Å². The van der Waals surface area contributed by atoms with Crippen molar-refractivity contribution in [1.29, 1.82) is 0 Å². The van der Waals surface area contributed by atoms with E-state index in [0.29, 0.717) is 29.1 Å². The highest BCUT2D eigenvalue weighted by Gasteiger charge is 2.23. The largest absolute Gasteiger partial charge is 0.496 e. The second-order valence-corrected chi connectivity index (χ2v) is 8.67. The molecule has 1 aliphatic heterocycles. The normalized spacial score (nSPS) is 15.8. The number of methoxy groups -OCH3 is 2. The van der Waals surface area contributed by atoms with Gasteiger partial charge in [0.15, 0.2) is 0 Å². The molecular weight excluding hydrogens is 457 g/mol. The summed E-state index contributed by atoms with van der Waals surface area (Å²) in [5, 5.41) is 4.02. The molecule has 1 N–H and O–H groups in total. The molecule has 0 aliphatic carbocycles. The Hall–Kier alpha value is -3.36. The van der Waals surface area contributed by atoms with Gasteiger partial charge in [0.25, 0.3) is 0 Å². The number of hydrogen-bond donors (Lipinski definition) is 1. The van der Waals surface area contributed by atoms with Gasteiger partial charge >= 0.3 is 0 Å². The molecule has 1 aromatic carbocycles. The fourth-order valence-corrected chi connectivity index (χ4v) is 4.57. The van der Waals surface area contributed by atoms with E-state index in [9.17, 15) is 4.39 Å². The zero-order valence-corrected chi connectivity index (χ0v) is 19.7. The number of anilines is 1. The lowest BCUT2D eigenvalue weighted by molar-refractivity contribution is 0.395. The molecule has 0 spiro atoms. The monoisotopic (exact) mass is 481 g/mol. The van der Waals surface area contributed by atoms with Crippen LogP contribution in [0.4, 0.5) is 10.1 Å². The third-order valence-electron chi connectivity index (χ3n) is 6.13. The lowest BCUT2D eigenvalue weighted by atomic mass is 10.1. The Labute approximate surface area is 202 Å². The van der Waals surface area contributed by atoms with Crippen LogP contribution >= 0.6 is 11.6 Å². The van der Waals surface area contributed by atoms with E-state index in [1.807, 2.05) is 28.9 Å². The minimum absolute atomic E-state index is 0.327. The molecule has 1 fully saturated rings. The smallest absolute Gasteiger partial charge is 0.213 e. The van der Waals surface area contributed by atoms with Crippen LogP contribution in [0.5, 0.6) is 11.5 Å². The maximum absolute atomic E-state index is 13.3. The number of aromatic nitrogens is 3. The molecule has 0 bridgehead atoms. The highest BCUT2D eigenvalue weighted by atomic mass is 35.5. The zero-order valence-electron chi connectivity index (χ0n) is 19.0. The maximum Gasteiger partial charge on any atom is 0.213 e. The second-order valence-electron chi connectivity index (χ2n) is 8.26. The lowest BCUT2D eigenvalue weighted by Crippen LogP contribution is -2.32. The van der Waals surface area contributed by atoms with E-state index in [1.165, 1.54) is 12.3 Å². The van der Waals surface area contributed by atoms with Gasteiger partial charge in [0, 0.05) is 67.7 Å². The van der Waals surface area contributed by atoms with E-state index >= 15 is 0 Å². The van der Waals surface area contributed by atoms with E-state index in [-0.39, 0.29) is 0 Å². The van der Waals surface area contributed by atoms with Crippen molar-refractivity contribution < 1.29 is 13.9 Å². The minimum Gasteiger partial charge on any atom is -0.496 e. The molecule has 0 saturated carbocycles. The van der Waals surface area contributed by atoms with Crippen molar-refractivity contribution in [1.82, 2.24) is 19.7 Å². The van der Waals surface area contributed by atoms with Gasteiger partial charge in [-0.05, 0) is 36.2 Å². The summed E-state index contributed by atoms with van der Waals surface area (Å²) < 4.78 is 26.1. The second kappa shape index (κ2) is 9.48. The highest BCUT2D eigenvalue weighted by Crippen LogP contribution is 2.38. The molecule has 5 rings (SSSR count). The number of benzene rings is 1. The Morgan fingerprint density at radius 1 is 1.15 bits per heavy atom. The summed E-state index contributed by atoms with van der Waals surface area (Å²) in [7, 11) is 3.19. The summed E-state index contributed by atoms with van der Waals surface area (Å²) in [6, 6.07) is 11.4. The van der Waals surface area contributed by atoms with Crippen LogP contribution in [-0.2, 0) is 6.54 Å². The van der Waals surface area contributed by atoms with E-state index in [1.54, 1.807) is 20.3 Å². The lowest BCUT2D eigenvalue weighted by Gasteiger charge is -2.19. The third-order valence-corrected chi connectivity index (χ3v) is 6.43. The predicted octanol–water partition coefficient (Wildman–Crippen LogP) is 4.57. The molecule has 1 saturated heterocycles. The van der Waals surface area contributed by atoms with E-state index in [4.69, 9.17) is 26.1 Å². The molecular formula is C25H25ClFN5O2. The first-order chi connectivity index (χ1) is 16.5. The zero-order chi connectivity index (χ0) is 23.7. The molecule has 0 unspecified atom stereocenters. The summed E-state index contributed by atoms with van der Waals surface area (Å²) in [6.07, 6.45) is 6.48. The van der Waals surface area contributed by atoms with E-state index < -0.39 is 5.95 Å². The topological polar surface area (TPSA) is 63.9 Å². The molecule has 176 valence electrons. The fraction of sp³-hybridized carbons (Fsp3) is 0.280. The number of nitrogens with zero attached hydrogens (tertiary/aromatic N) is 4. The molecule has 0 radical (unpaired) electrons. The fourth-order valence-electron chi connectivity index (χ4n) is 4.33. The van der Waals surface area contributed by atoms with Crippen LogP contribution in [0.25, 0.3) is 16.9 Å². The van der Waals surface area contributed by atoms with Gasteiger partial charge in [-0.3, -0.25) is 0 Å². The standard InChI is InChI=1S/C25H25ClFN5O2/c1-33-22-12-23(34-2)20(26)11-19(22)21-15-32-8-5-18(10-25(32)30-21)31-7-4-17(14-31)29-13-16-3-6-28-24(27)9-16/h3,5-6,8-12,15,17,29H,4,7,13-14H2,1-2H3/t17-/m0/s1. The summed E-state index contributed by atoms with van der Waals surface area (Å²) in [5.74, 6) is 0.751. The van der Waals surface area contributed by atoms with Crippen LogP contribution in [0.2, 0.25) is 5.02 Å². The number of halogens is 2. The highest BCUT2D eigenvalue weighted by molar-refractivity contribution is 6.32. The van der Waals surface area contributed by atoms with Crippen molar-refractivity contribution in [3.8, 4) is 22.8 Å². The van der Waals surface area contributed by atoms with Gasteiger partial charge in [-0.1, -0.05) is 11.6 Å². The van der Waals surface area contributed by atoms with Crippen LogP contribution in [-0.4, -0.2) is 47.7 Å². The van der Waals surface area contributed by atoms with Crippen molar-refractivity contribution in [2.24, 2.45) is 0 Å². The first kappa shape index (κ1) is 22.4. The minimum atomic E-state index is -0.450. The molecule has 34 heavy (non-hydrogen) atoms. The van der Waals surface area contributed by atoms with Crippen LogP contribution in [0.1, 0.15) is 12.0 Å². The SMILES string of the molecule is COc1cc(OC)c(-c2cn3ccc(N4CC[C@H](NCc5ccnc(F)c5)C4)cc3n2)cc1Cl. The summed E-state index contributed by atoms with van der Waals surface area (Å²) in [5.41, 5.74) is 4.42. The maximum atomic E-state index is 13.3. The Morgan fingerprint density at radius 3 is 2.79 bits per heavy atom. The molecule has 4 heterocycles. The molecule has 0 amide bonds. The molecule has 4 aromatic rings. The molecule has 7 nitrogen and oxygen atoms in total. The summed E-state index contributed by atoms with van der Waals surface area (Å²) >= 11 is 6.36. The molecule has 1 atom stereocenters. The average Bonchev–Trinajstić information content (AvgIpc) is 3.49. The third kappa shape index (κ3) is 4.51. The van der Waals surface area contributed by atoms with Gasteiger partial charge in [0.05, 0.1) is 24.9 Å². The number of fused-ring (bicyclic) bond motifs is 1. The van der Waals surface area contributed by atoms with E-state index in [2.05, 4.69) is 27.3 Å². The number of pyridine rings is 2. The van der Waals surface area contributed by atoms with Gasteiger partial charge in [0.2, 0.25) is 5.95 Å². The van der Waals surface area contributed by atoms with Gasteiger partial charge in [0.1, 0.15) is 17.1 Å². The molecule has 3 aromatic heterocycles. The van der Waals surface area contributed by atoms with Crippen molar-refractivity contribution in [2.75, 3.05) is 32.2 Å². The van der Waals surface area contributed by atoms with Crippen LogP contribution in [0, 0.1) is 5.95 Å². The number of rotatable bonds is 7. The number of nitrogens with one attached hydrogen (secondary N) is 1. The number of imidazole rings is 1. The average molecular weight is 482 g/mol. The Bertz CT molecular complexity index is 1330. The quantitative estimate of drug-likeness (QED) is 0.390. The van der Waals surface area contributed by atoms with Gasteiger partial charge < -0.3 is 24.1 Å². The number of hydrogen-bond acceptors (Lipinski definition) is 6. The van der Waals surface area contributed by atoms with Crippen molar-refractivity contribution in [3.05, 3.63) is 71.5 Å². The van der Waals surface area contributed by atoms with Gasteiger partial charge in [-0.25, -0.2) is 9.97 Å². The molecule has 1 aliphatic rings. The van der Waals surface area contributed by atoms with Gasteiger partial charge in [-0.2, -0.15) is 4.39 Å². The Balaban J connectivity index is 1.32. The number of ether oxygens (including phenoxy) is 2. The van der Waals surface area contributed by atoms with Crippen LogP contribution in [0.3, 0.4) is 0 Å². The first-order valence-electron chi connectivity index (χ1n) is 11.0. The Morgan fingerprint density at radius 2 is 2.00 bits per heavy atom. The van der Waals surface area contributed by atoms with Crippen LogP contribution < -0.4 is 19.7 Å². The summed E-state index contributed by atoms with van der Waals surface area (Å²) in [4.78, 5) is 10.8. The van der Waals surface area contributed by atoms with Crippen LogP contribution in [0.15, 0.2) is 55.0 Å². The van der Waals surface area contributed by atoms with Crippen molar-refractivity contribution in [3.63, 3.8) is 0 Å². The Kier molecular flexibility index (Phi) is 6.26. The summed E-state index contributed by atoms with van der Waals surface area (Å²) in [6.45, 7) is 2.43. The first-order valence-corrected chi connectivity index (χ1v) is 11.4. The van der Waals surface area contributed by atoms with E-state index in [0.717, 1.165) is 47.7 Å².